The Kier molecular flexibility index (Phi) is 13.8. The number of amides is 4. The molecule has 0 radical (unpaired) electrons. The first-order chi connectivity index (χ1) is 32.0. The number of allylic oxidation sites excluding steroid dienone is 4. The highest BCUT2D eigenvalue weighted by atomic mass is 16.5. The quantitative estimate of drug-likeness (QED) is 0.0941. The summed E-state index contributed by atoms with van der Waals surface area (Å²) in [7, 11) is 2.48. The van der Waals surface area contributed by atoms with Crippen LogP contribution in [0.5, 0.6) is 0 Å². The number of ether oxygens (including phenoxy) is 2. The van der Waals surface area contributed by atoms with E-state index in [1.807, 2.05) is 6.07 Å². The molecule has 0 saturated carbocycles. The molecule has 2 aromatic heterocycles. The number of nitrogens with zero attached hydrogens (tertiary/aromatic N) is 5. The molecule has 4 aliphatic rings. The van der Waals surface area contributed by atoms with Gasteiger partial charge in [-0.2, -0.15) is 5.26 Å². The highest BCUT2D eigenvalue weighted by Crippen LogP contribution is 2.37. The number of imidazole rings is 2. The summed E-state index contributed by atoms with van der Waals surface area (Å²) in [5, 5.41) is 14.5. The third-order valence-corrected chi connectivity index (χ3v) is 13.4. The summed E-state index contributed by atoms with van der Waals surface area (Å²) in [6.45, 7) is 5.44. The van der Waals surface area contributed by atoms with Gasteiger partial charge >= 0.3 is 12.2 Å². The van der Waals surface area contributed by atoms with Crippen LogP contribution in [0.1, 0.15) is 99.2 Å². The molecular weight excluding hydrogens is 837 g/mol. The van der Waals surface area contributed by atoms with Gasteiger partial charge in [0.1, 0.15) is 23.7 Å². The van der Waals surface area contributed by atoms with Crippen LogP contribution in [0.25, 0.3) is 38.8 Å². The van der Waals surface area contributed by atoms with Crippen molar-refractivity contribution in [3.63, 3.8) is 0 Å². The lowest BCUT2D eigenvalue weighted by atomic mass is 9.88. The molecule has 2 aliphatic heterocycles. The summed E-state index contributed by atoms with van der Waals surface area (Å²) < 4.78 is 9.41. The van der Waals surface area contributed by atoms with Crippen molar-refractivity contribution in [2.45, 2.75) is 95.8 Å². The number of fused-ring (bicyclic) bond motifs is 10. The van der Waals surface area contributed by atoms with Crippen LogP contribution < -0.4 is 16.4 Å². The SMILES string of the molecule is COC(=O)N[C@@H](CN)C(=O)N1CCC[C@H]1c1nc2cc(/C(C)=C3/C=C\[C@H](C)CCc4ccc(cc4-c4ccc5[nH]c([C@@H]6CCCN6C(=O)[C@H](CC#N)NC(=O)OC)nc5c4)CC3)ccc2[nH]1. The van der Waals surface area contributed by atoms with Crippen LogP contribution in [-0.2, 0) is 31.9 Å². The fourth-order valence-electron chi connectivity index (χ4n) is 9.60. The first kappa shape index (κ1) is 45.6. The second-order valence-corrected chi connectivity index (χ2v) is 17.6. The standard InChI is InChI=1S/C50H58N10O6/c1-29-9-13-32(30(2)34-17-19-37-40(26-34)55-46(53-37)44-8-6-24-60(44)48(62)42(28-52)58-50(64)66-4)15-11-31-12-16-33(14-10-29)36(25-31)35-18-20-38-41(27-35)56-45(54-38)43-7-5-23-59(43)47(61)39(21-22-51)57-49(63)65-3/h9,12-13,16-20,25-27,29,39,42-44H,5-8,10-11,14-15,21,23-24,28,52H2,1-4H3,(H,53,55)(H,54,56)(H,57,63)(H,58,64)/b13-9-,32-30-/t29-,39-,42-,43-,44-/m0/s1. The normalized spacial score (nSPS) is 20.8. The molecule has 16 heteroatoms. The molecule has 2 bridgehead atoms. The number of nitriles is 1. The maximum Gasteiger partial charge on any atom is 0.407 e. The zero-order valence-electron chi connectivity index (χ0n) is 38.0. The fraction of sp³-hybridized carbons (Fsp3) is 0.420. The molecule has 9 rings (SSSR count). The number of carbonyl (C=O) groups excluding carboxylic acids is 4. The number of aromatic amines is 2. The maximum absolute atomic E-state index is 13.6. The molecule has 0 spiro atoms. The number of aromatic nitrogens is 4. The van der Waals surface area contributed by atoms with Crippen LogP contribution >= 0.6 is 0 Å². The molecule has 4 heterocycles. The molecule has 5 atom stereocenters. The number of H-pyrrole nitrogens is 2. The summed E-state index contributed by atoms with van der Waals surface area (Å²) in [6.07, 6.45) is 9.60. The lowest BCUT2D eigenvalue weighted by Crippen LogP contribution is -2.52. The van der Waals surface area contributed by atoms with Crippen molar-refractivity contribution in [2.24, 2.45) is 11.7 Å². The van der Waals surface area contributed by atoms with Gasteiger partial charge in [-0.15, -0.1) is 0 Å². The Morgan fingerprint density at radius 2 is 1.44 bits per heavy atom. The van der Waals surface area contributed by atoms with Crippen molar-refractivity contribution in [3.8, 4) is 17.2 Å². The Labute approximate surface area is 384 Å². The minimum atomic E-state index is -1.01. The Balaban J connectivity index is 1.02. The third-order valence-electron chi connectivity index (χ3n) is 13.4. The van der Waals surface area contributed by atoms with Gasteiger partial charge in [0.05, 0.1) is 60.9 Å². The van der Waals surface area contributed by atoms with Gasteiger partial charge in [0.15, 0.2) is 0 Å². The Hall–Kier alpha value is -6.99. The van der Waals surface area contributed by atoms with Gasteiger partial charge in [0, 0.05) is 19.6 Å². The lowest BCUT2D eigenvalue weighted by Gasteiger charge is -2.27. The molecule has 4 amide bonds. The number of carbonyl (C=O) groups is 4. The molecule has 344 valence electrons. The average molecular weight is 895 g/mol. The Morgan fingerprint density at radius 1 is 0.818 bits per heavy atom. The van der Waals surface area contributed by atoms with Crippen molar-refractivity contribution in [1.29, 1.82) is 5.26 Å². The Bertz CT molecular complexity index is 2750. The molecule has 66 heavy (non-hydrogen) atoms. The number of nitrogens with one attached hydrogen (secondary N) is 4. The second kappa shape index (κ2) is 20.0. The molecule has 2 aliphatic carbocycles. The van der Waals surface area contributed by atoms with E-state index in [2.05, 4.69) is 101 Å². The van der Waals surface area contributed by atoms with Gasteiger partial charge in [-0.3, -0.25) is 9.59 Å². The topological polar surface area (TPSA) is 224 Å². The molecule has 6 N–H and O–H groups in total. The monoisotopic (exact) mass is 894 g/mol. The second-order valence-electron chi connectivity index (χ2n) is 17.6. The van der Waals surface area contributed by atoms with E-state index in [4.69, 9.17) is 25.2 Å². The van der Waals surface area contributed by atoms with E-state index in [1.165, 1.54) is 42.1 Å². The maximum atomic E-state index is 13.6. The van der Waals surface area contributed by atoms with Crippen LogP contribution in [0.2, 0.25) is 0 Å². The molecule has 2 fully saturated rings. The number of hydrogen-bond acceptors (Lipinski definition) is 10. The Morgan fingerprint density at radius 3 is 2.08 bits per heavy atom. The highest BCUT2D eigenvalue weighted by molar-refractivity contribution is 5.88. The third kappa shape index (κ3) is 9.67. The van der Waals surface area contributed by atoms with Gasteiger partial charge in [-0.05, 0) is 127 Å². The zero-order valence-corrected chi connectivity index (χ0v) is 38.0. The van der Waals surface area contributed by atoms with Gasteiger partial charge in [0.2, 0.25) is 11.8 Å². The van der Waals surface area contributed by atoms with E-state index in [-0.39, 0.29) is 36.9 Å². The summed E-state index contributed by atoms with van der Waals surface area (Å²) in [4.78, 5) is 71.4. The average Bonchev–Trinajstić information content (AvgIpc) is 4.17. The number of methoxy groups -OCH3 is 2. The highest BCUT2D eigenvalue weighted by Gasteiger charge is 2.38. The lowest BCUT2D eigenvalue weighted by molar-refractivity contribution is -0.135. The number of hydrogen-bond donors (Lipinski definition) is 5. The number of benzene rings is 3. The van der Waals surface area contributed by atoms with Crippen LogP contribution in [-0.4, -0.2) is 99.7 Å². The summed E-state index contributed by atoms with van der Waals surface area (Å²) >= 11 is 0. The predicted octanol–water partition coefficient (Wildman–Crippen LogP) is 7.30. The van der Waals surface area contributed by atoms with Crippen LogP contribution in [0.4, 0.5) is 9.59 Å². The molecule has 3 aromatic carbocycles. The van der Waals surface area contributed by atoms with E-state index >= 15 is 0 Å². The molecule has 2 saturated heterocycles. The van der Waals surface area contributed by atoms with E-state index in [0.717, 1.165) is 78.1 Å². The van der Waals surface area contributed by atoms with Crippen molar-refractivity contribution in [2.75, 3.05) is 33.9 Å². The minimum Gasteiger partial charge on any atom is -0.453 e. The zero-order chi connectivity index (χ0) is 46.5. The first-order valence-electron chi connectivity index (χ1n) is 22.8. The molecule has 16 nitrogen and oxygen atoms in total. The van der Waals surface area contributed by atoms with Crippen LogP contribution in [0, 0.1) is 17.2 Å². The smallest absolute Gasteiger partial charge is 0.407 e. The molecular formula is C50H58N10O6. The van der Waals surface area contributed by atoms with Gasteiger partial charge in [0.25, 0.3) is 0 Å². The van der Waals surface area contributed by atoms with E-state index in [9.17, 15) is 24.4 Å². The number of rotatable bonds is 10. The van der Waals surface area contributed by atoms with Gasteiger partial charge in [-0.25, -0.2) is 19.6 Å². The van der Waals surface area contributed by atoms with Gasteiger partial charge < -0.3 is 45.6 Å². The van der Waals surface area contributed by atoms with Crippen LogP contribution in [0.3, 0.4) is 0 Å². The molecule has 5 aromatic rings. The molecule has 0 unspecified atom stereocenters. The van der Waals surface area contributed by atoms with E-state index in [1.54, 1.807) is 9.80 Å². The first-order valence-corrected chi connectivity index (χ1v) is 22.8. The number of nitrogens with two attached hydrogens (primary N) is 1. The number of aryl methyl sites for hydroxylation is 2. The van der Waals surface area contributed by atoms with Crippen molar-refractivity contribution < 1.29 is 28.7 Å². The number of likely N-dealkylation sites (tertiary alicyclic amines) is 2. The van der Waals surface area contributed by atoms with Crippen LogP contribution in [0.15, 0.2) is 72.3 Å². The van der Waals surface area contributed by atoms with Crippen molar-refractivity contribution in [3.05, 3.63) is 101 Å². The van der Waals surface area contributed by atoms with Gasteiger partial charge in [-0.1, -0.05) is 49.4 Å². The summed E-state index contributed by atoms with van der Waals surface area (Å²) in [5.41, 5.74) is 17.6. The van der Waals surface area contributed by atoms with Crippen molar-refractivity contribution >= 4 is 51.6 Å². The van der Waals surface area contributed by atoms with E-state index < -0.39 is 24.3 Å². The fourth-order valence-corrected chi connectivity index (χ4v) is 9.60. The minimum absolute atomic E-state index is 0.0432. The summed E-state index contributed by atoms with van der Waals surface area (Å²) in [5.74, 6) is 1.14. The largest absolute Gasteiger partial charge is 0.453 e. The van der Waals surface area contributed by atoms with E-state index in [0.29, 0.717) is 37.1 Å². The predicted molar refractivity (Wildman–Crippen MR) is 250 cm³/mol. The van der Waals surface area contributed by atoms with Crippen molar-refractivity contribution in [1.82, 2.24) is 40.4 Å². The summed E-state index contributed by atoms with van der Waals surface area (Å²) in [6, 6.07) is 19.0. The number of alkyl carbamates (subject to hydrolysis) is 2.